The molecule has 0 aliphatic carbocycles. The maximum Gasteiger partial charge on any atom is 0.133 e. The van der Waals surface area contributed by atoms with E-state index in [1.54, 1.807) is 0 Å². The second-order valence-corrected chi connectivity index (χ2v) is 7.42. The minimum Gasteiger partial charge on any atom is -0.373 e. The van der Waals surface area contributed by atoms with Gasteiger partial charge in [-0.05, 0) is 36.7 Å². The fourth-order valence-corrected chi connectivity index (χ4v) is 3.45. The van der Waals surface area contributed by atoms with Crippen molar-refractivity contribution in [2.24, 2.45) is 0 Å². The van der Waals surface area contributed by atoms with Gasteiger partial charge in [0.15, 0.2) is 0 Å². The molecule has 28 heavy (non-hydrogen) atoms. The molecule has 4 nitrogen and oxygen atoms in total. The molecule has 2 rings (SSSR count). The van der Waals surface area contributed by atoms with Crippen molar-refractivity contribution in [3.05, 3.63) is 72.2 Å². The maximum atomic E-state index is 13.4. The Bertz CT molecular complexity index is 695. The first kappa shape index (κ1) is 21.9. The number of rotatable bonds is 11. The Kier molecular flexibility index (Phi) is 7.97. The van der Waals surface area contributed by atoms with Crippen LogP contribution in [0.4, 0.5) is 4.39 Å². The second-order valence-electron chi connectivity index (χ2n) is 7.42. The molecule has 0 aromatic heterocycles. The summed E-state index contributed by atoms with van der Waals surface area (Å²) < 4.78 is 13.4. The number of benzene rings is 1. The van der Waals surface area contributed by atoms with E-state index in [-0.39, 0.29) is 12.0 Å². The molecule has 0 bridgehead atoms. The summed E-state index contributed by atoms with van der Waals surface area (Å²) >= 11 is 0. The molecule has 0 saturated carbocycles. The molecule has 0 amide bonds. The molecule has 1 N–H and O–H groups in total. The highest BCUT2D eigenvalue weighted by Crippen LogP contribution is 2.32. The highest BCUT2D eigenvalue weighted by atomic mass is 19.1. The van der Waals surface area contributed by atoms with Crippen LogP contribution in [0.3, 0.4) is 0 Å². The van der Waals surface area contributed by atoms with Crippen LogP contribution >= 0.6 is 0 Å². The van der Waals surface area contributed by atoms with Crippen molar-refractivity contribution in [1.82, 2.24) is 20.0 Å². The van der Waals surface area contributed by atoms with Crippen LogP contribution in [-0.4, -0.2) is 41.5 Å². The summed E-state index contributed by atoms with van der Waals surface area (Å²) in [5.74, 6) is 0.809. The van der Waals surface area contributed by atoms with Crippen molar-refractivity contribution in [2.75, 3.05) is 20.6 Å². The van der Waals surface area contributed by atoms with Crippen LogP contribution in [-0.2, 0) is 6.54 Å². The van der Waals surface area contributed by atoms with E-state index in [4.69, 9.17) is 0 Å². The number of nitrogens with zero attached hydrogens (tertiary/aromatic N) is 3. The Morgan fingerprint density at radius 1 is 1.21 bits per heavy atom. The molecule has 1 unspecified atom stereocenters. The van der Waals surface area contributed by atoms with Crippen molar-refractivity contribution in [3.63, 3.8) is 0 Å². The van der Waals surface area contributed by atoms with Gasteiger partial charge in [0, 0.05) is 27.2 Å². The van der Waals surface area contributed by atoms with Crippen LogP contribution in [0.5, 0.6) is 0 Å². The van der Waals surface area contributed by atoms with E-state index in [1.165, 1.54) is 12.1 Å². The third-order valence-electron chi connectivity index (χ3n) is 5.23. The molecule has 1 aliphatic heterocycles. The topological polar surface area (TPSA) is 21.8 Å². The molecule has 1 aromatic rings. The summed E-state index contributed by atoms with van der Waals surface area (Å²) in [5.41, 5.74) is 3.16. The van der Waals surface area contributed by atoms with Crippen molar-refractivity contribution >= 4 is 0 Å². The lowest BCUT2D eigenvalue weighted by Crippen LogP contribution is -2.38. The van der Waals surface area contributed by atoms with Crippen molar-refractivity contribution in [3.8, 4) is 0 Å². The first-order valence-corrected chi connectivity index (χ1v) is 10.2. The summed E-state index contributed by atoms with van der Waals surface area (Å²) in [6.07, 6.45) is 6.31. The predicted molar refractivity (Wildman–Crippen MR) is 115 cm³/mol. The lowest BCUT2D eigenvalue weighted by atomic mass is 10.1. The van der Waals surface area contributed by atoms with E-state index in [2.05, 4.69) is 49.2 Å². The lowest BCUT2D eigenvalue weighted by molar-refractivity contribution is 0.229. The number of hydrogen-bond donors (Lipinski definition) is 1. The molecule has 0 radical (unpaired) electrons. The fourth-order valence-electron chi connectivity index (χ4n) is 3.45. The van der Waals surface area contributed by atoms with Crippen LogP contribution in [0.25, 0.3) is 0 Å². The van der Waals surface area contributed by atoms with Crippen LogP contribution < -0.4 is 5.32 Å². The standard InChI is InChI=1S/C23H35FN4/c1-7-10-16-27(6)18(4)22-23(26(5)9-3)25-21(11-8-2)28(22)17-19-12-14-20(24)15-13-19/h9,12-15,21,25H,3-4,7-8,10-11,16-17H2,1-2,5-6H3. The first-order chi connectivity index (χ1) is 13.4. The molecule has 0 spiro atoms. The van der Waals surface area contributed by atoms with Gasteiger partial charge >= 0.3 is 0 Å². The molecule has 1 atom stereocenters. The molecular formula is C23H35FN4. The molecular weight excluding hydrogens is 351 g/mol. The van der Waals surface area contributed by atoms with E-state index >= 15 is 0 Å². The third-order valence-corrected chi connectivity index (χ3v) is 5.23. The maximum absolute atomic E-state index is 13.4. The highest BCUT2D eigenvalue weighted by molar-refractivity contribution is 5.36. The van der Waals surface area contributed by atoms with Gasteiger partial charge in [-0.3, -0.25) is 0 Å². The second kappa shape index (κ2) is 10.2. The summed E-state index contributed by atoms with van der Waals surface area (Å²) in [6, 6.07) is 6.76. The Morgan fingerprint density at radius 3 is 2.46 bits per heavy atom. The molecule has 0 fully saturated rings. The zero-order chi connectivity index (χ0) is 20.7. The summed E-state index contributed by atoms with van der Waals surface area (Å²) in [5, 5.41) is 3.66. The van der Waals surface area contributed by atoms with Crippen LogP contribution in [0.15, 0.2) is 60.8 Å². The van der Waals surface area contributed by atoms with Gasteiger partial charge in [0.1, 0.15) is 23.5 Å². The highest BCUT2D eigenvalue weighted by Gasteiger charge is 2.34. The summed E-state index contributed by atoms with van der Waals surface area (Å²) in [6.45, 7) is 14.4. The van der Waals surface area contributed by atoms with Crippen molar-refractivity contribution < 1.29 is 4.39 Å². The van der Waals surface area contributed by atoms with Gasteiger partial charge in [-0.15, -0.1) is 0 Å². The van der Waals surface area contributed by atoms with Crippen LogP contribution in [0.1, 0.15) is 45.1 Å². The van der Waals surface area contributed by atoms with Gasteiger partial charge in [-0.1, -0.05) is 52.0 Å². The fraction of sp³-hybridized carbons (Fsp3) is 0.478. The zero-order valence-corrected chi connectivity index (χ0v) is 17.8. The Hall–Kier alpha value is -2.43. The minimum absolute atomic E-state index is 0.166. The number of halogens is 1. The molecule has 1 aliphatic rings. The molecule has 5 heteroatoms. The predicted octanol–water partition coefficient (Wildman–Crippen LogP) is 4.85. The van der Waals surface area contributed by atoms with Gasteiger partial charge in [-0.25, -0.2) is 4.39 Å². The van der Waals surface area contributed by atoms with Crippen LogP contribution in [0, 0.1) is 5.82 Å². The largest absolute Gasteiger partial charge is 0.373 e. The lowest BCUT2D eigenvalue weighted by Gasteiger charge is -2.32. The van der Waals surface area contributed by atoms with E-state index in [0.717, 1.165) is 55.0 Å². The average molecular weight is 387 g/mol. The molecule has 0 saturated heterocycles. The summed E-state index contributed by atoms with van der Waals surface area (Å²) in [4.78, 5) is 6.60. The van der Waals surface area contributed by atoms with E-state index in [0.29, 0.717) is 6.54 Å². The van der Waals surface area contributed by atoms with Gasteiger partial charge < -0.3 is 20.0 Å². The monoisotopic (exact) mass is 386 g/mol. The smallest absolute Gasteiger partial charge is 0.133 e. The van der Waals surface area contributed by atoms with Crippen LogP contribution in [0.2, 0.25) is 0 Å². The summed E-state index contributed by atoms with van der Waals surface area (Å²) in [7, 11) is 4.10. The Balaban J connectivity index is 2.40. The van der Waals surface area contributed by atoms with E-state index < -0.39 is 0 Å². The minimum atomic E-state index is -0.208. The number of unbranched alkanes of at least 4 members (excludes halogenated alkanes) is 1. The SMILES string of the molecule is C=CN(C)C1=C(C(=C)N(C)CCCC)N(Cc2ccc(F)cc2)C(CCC)N1. The normalized spacial score (nSPS) is 16.2. The van der Waals surface area contributed by atoms with Crippen molar-refractivity contribution in [2.45, 2.75) is 52.2 Å². The first-order valence-electron chi connectivity index (χ1n) is 10.2. The van der Waals surface area contributed by atoms with Gasteiger partial charge in [0.25, 0.3) is 0 Å². The zero-order valence-electron chi connectivity index (χ0n) is 17.8. The average Bonchev–Trinajstić information content (AvgIpc) is 3.04. The third kappa shape index (κ3) is 5.09. The number of likely N-dealkylation sites (N-methyl/N-ethyl adjacent to an activating group) is 1. The molecule has 1 aromatic carbocycles. The number of nitrogens with one attached hydrogen (secondary N) is 1. The van der Waals surface area contributed by atoms with Crippen molar-refractivity contribution in [1.29, 1.82) is 0 Å². The van der Waals surface area contributed by atoms with Gasteiger partial charge in [0.2, 0.25) is 0 Å². The molecule has 154 valence electrons. The number of hydrogen-bond acceptors (Lipinski definition) is 4. The molecule has 1 heterocycles. The van der Waals surface area contributed by atoms with E-state index in [9.17, 15) is 4.39 Å². The van der Waals surface area contributed by atoms with Gasteiger partial charge in [0.05, 0.1) is 5.70 Å². The quantitative estimate of drug-likeness (QED) is 0.587. The Morgan fingerprint density at radius 2 is 1.89 bits per heavy atom. The van der Waals surface area contributed by atoms with E-state index in [1.807, 2.05) is 30.3 Å². The van der Waals surface area contributed by atoms with Gasteiger partial charge in [-0.2, -0.15) is 0 Å². The Labute approximate surface area is 170 Å².